The van der Waals surface area contributed by atoms with Crippen LogP contribution in [-0.2, 0) is 9.59 Å². The third-order valence-electron chi connectivity index (χ3n) is 4.07. The van der Waals surface area contributed by atoms with Gasteiger partial charge in [-0.25, -0.2) is 5.43 Å². The Hall–Kier alpha value is -2.95. The maximum atomic E-state index is 11.9. The van der Waals surface area contributed by atoms with Crippen LogP contribution in [-0.4, -0.2) is 17.5 Å². The number of carbonyl (C=O) groups is 2. The number of nitrogens with zero attached hydrogens (tertiary/aromatic N) is 1. The van der Waals surface area contributed by atoms with Crippen molar-refractivity contribution in [3.63, 3.8) is 0 Å². The molecule has 0 spiro atoms. The number of aryl methyl sites for hydroxylation is 4. The van der Waals surface area contributed by atoms with E-state index in [2.05, 4.69) is 28.8 Å². The molecular weight excluding hydrogens is 314 g/mol. The zero-order valence-corrected chi connectivity index (χ0v) is 15.2. The fourth-order valence-electron chi connectivity index (χ4n) is 2.42. The molecular formula is C20H23N3O2. The molecule has 0 aliphatic rings. The largest absolute Gasteiger partial charge is 0.329 e. The molecule has 0 aliphatic heterocycles. The summed E-state index contributed by atoms with van der Waals surface area (Å²) in [6, 6.07) is 11.3. The molecule has 0 radical (unpaired) electrons. The Balaban J connectivity index is 2.04. The van der Waals surface area contributed by atoms with Crippen molar-refractivity contribution in [2.24, 2.45) is 5.10 Å². The predicted molar refractivity (Wildman–Crippen MR) is 101 cm³/mol. The molecule has 0 aliphatic carbocycles. The van der Waals surface area contributed by atoms with E-state index in [1.165, 1.54) is 5.56 Å². The first-order chi connectivity index (χ1) is 11.8. The van der Waals surface area contributed by atoms with Crippen LogP contribution in [0.15, 0.2) is 41.5 Å². The Morgan fingerprint density at radius 1 is 0.840 bits per heavy atom. The average Bonchev–Trinajstić information content (AvgIpc) is 2.57. The lowest BCUT2D eigenvalue weighted by Crippen LogP contribution is -2.33. The summed E-state index contributed by atoms with van der Waals surface area (Å²) in [5.74, 6) is -1.56. The van der Waals surface area contributed by atoms with Crippen molar-refractivity contribution < 1.29 is 9.59 Å². The fraction of sp³-hybridized carbons (Fsp3) is 0.250. The molecule has 2 N–H and O–H groups in total. The first-order valence-electron chi connectivity index (χ1n) is 8.08. The van der Waals surface area contributed by atoms with Crippen molar-refractivity contribution in [2.45, 2.75) is 34.6 Å². The second-order valence-corrected chi connectivity index (χ2v) is 6.21. The standard InChI is InChI=1S/C20H23N3O2/c1-12-6-8-17(9-7-12)21-19(24)20(25)23-22-16(5)18-11-14(3)13(2)10-15(18)4/h6-11H,1-5H3,(H,21,24)(H,23,25)/b22-16-. The molecule has 5 heteroatoms. The van der Waals surface area contributed by atoms with Gasteiger partial charge in [-0.05, 0) is 69.5 Å². The van der Waals surface area contributed by atoms with Gasteiger partial charge in [-0.2, -0.15) is 5.10 Å². The molecule has 0 bridgehead atoms. The van der Waals surface area contributed by atoms with Gasteiger partial charge in [-0.3, -0.25) is 9.59 Å². The van der Waals surface area contributed by atoms with Crippen LogP contribution in [0, 0.1) is 27.7 Å². The summed E-state index contributed by atoms with van der Waals surface area (Å²) in [6.07, 6.45) is 0. The van der Waals surface area contributed by atoms with Crippen LogP contribution in [0.1, 0.15) is 34.7 Å². The number of rotatable bonds is 3. The highest BCUT2D eigenvalue weighted by Gasteiger charge is 2.13. The minimum absolute atomic E-state index is 0.566. The SMILES string of the molecule is C/C(=N/NC(=O)C(=O)Nc1ccc(C)cc1)c1cc(C)c(C)cc1C. The molecule has 2 aromatic rings. The zero-order valence-electron chi connectivity index (χ0n) is 15.2. The summed E-state index contributed by atoms with van der Waals surface area (Å²) < 4.78 is 0. The summed E-state index contributed by atoms with van der Waals surface area (Å²) in [5, 5.41) is 6.60. The number of hydrogen-bond acceptors (Lipinski definition) is 3. The van der Waals surface area contributed by atoms with E-state index in [4.69, 9.17) is 0 Å². The summed E-state index contributed by atoms with van der Waals surface area (Å²) >= 11 is 0. The van der Waals surface area contributed by atoms with Gasteiger partial charge in [0.2, 0.25) is 0 Å². The van der Waals surface area contributed by atoms with Gasteiger partial charge < -0.3 is 5.32 Å². The van der Waals surface area contributed by atoms with Gasteiger partial charge in [0.15, 0.2) is 0 Å². The van der Waals surface area contributed by atoms with Crippen molar-refractivity contribution in [1.29, 1.82) is 0 Å². The maximum Gasteiger partial charge on any atom is 0.329 e. The molecule has 0 saturated carbocycles. The van der Waals surface area contributed by atoms with Crippen molar-refractivity contribution >= 4 is 23.2 Å². The first kappa shape index (κ1) is 18.4. The van der Waals surface area contributed by atoms with E-state index in [0.29, 0.717) is 11.4 Å². The van der Waals surface area contributed by atoms with Gasteiger partial charge in [-0.15, -0.1) is 0 Å². The minimum atomic E-state index is -0.804. The lowest BCUT2D eigenvalue weighted by atomic mass is 9.98. The first-order valence-corrected chi connectivity index (χ1v) is 8.08. The number of amides is 2. The van der Waals surface area contributed by atoms with E-state index in [1.54, 1.807) is 19.1 Å². The van der Waals surface area contributed by atoms with Crippen LogP contribution in [0.4, 0.5) is 5.69 Å². The third-order valence-corrected chi connectivity index (χ3v) is 4.07. The molecule has 5 nitrogen and oxygen atoms in total. The van der Waals surface area contributed by atoms with Gasteiger partial charge in [0.05, 0.1) is 5.71 Å². The van der Waals surface area contributed by atoms with Crippen molar-refractivity contribution in [2.75, 3.05) is 5.32 Å². The molecule has 0 saturated heterocycles. The van der Waals surface area contributed by atoms with Gasteiger partial charge >= 0.3 is 11.8 Å². The number of nitrogens with one attached hydrogen (secondary N) is 2. The lowest BCUT2D eigenvalue weighted by molar-refractivity contribution is -0.136. The zero-order chi connectivity index (χ0) is 18.6. The monoisotopic (exact) mass is 337 g/mol. The summed E-state index contributed by atoms with van der Waals surface area (Å²) in [4.78, 5) is 23.8. The van der Waals surface area contributed by atoms with E-state index >= 15 is 0 Å². The smallest absolute Gasteiger partial charge is 0.318 e. The number of hydrogen-bond donors (Lipinski definition) is 2. The fourth-order valence-corrected chi connectivity index (χ4v) is 2.42. The van der Waals surface area contributed by atoms with Gasteiger partial charge in [-0.1, -0.05) is 23.8 Å². The van der Waals surface area contributed by atoms with Crippen LogP contribution >= 0.6 is 0 Å². The molecule has 0 unspecified atom stereocenters. The quantitative estimate of drug-likeness (QED) is 0.512. The highest BCUT2D eigenvalue weighted by molar-refractivity contribution is 6.39. The highest BCUT2D eigenvalue weighted by atomic mass is 16.2. The molecule has 0 heterocycles. The molecule has 0 fully saturated rings. The van der Waals surface area contributed by atoms with Gasteiger partial charge in [0, 0.05) is 11.3 Å². The molecule has 25 heavy (non-hydrogen) atoms. The summed E-state index contributed by atoms with van der Waals surface area (Å²) in [7, 11) is 0. The Labute approximate surface area is 148 Å². The summed E-state index contributed by atoms with van der Waals surface area (Å²) in [6.45, 7) is 9.82. The topological polar surface area (TPSA) is 70.6 Å². The van der Waals surface area contributed by atoms with Gasteiger partial charge in [0.25, 0.3) is 0 Å². The second-order valence-electron chi connectivity index (χ2n) is 6.21. The Bertz CT molecular complexity index is 837. The molecule has 0 atom stereocenters. The normalized spacial score (nSPS) is 11.2. The van der Waals surface area contributed by atoms with E-state index in [1.807, 2.05) is 39.0 Å². The molecule has 2 rings (SSSR count). The molecule has 2 amide bonds. The van der Waals surface area contributed by atoms with E-state index in [0.717, 1.165) is 22.3 Å². The molecule has 130 valence electrons. The molecule has 0 aromatic heterocycles. The Morgan fingerprint density at radius 2 is 1.44 bits per heavy atom. The van der Waals surface area contributed by atoms with Crippen LogP contribution < -0.4 is 10.7 Å². The van der Waals surface area contributed by atoms with Crippen LogP contribution in [0.25, 0.3) is 0 Å². The Morgan fingerprint density at radius 3 is 2.08 bits per heavy atom. The van der Waals surface area contributed by atoms with Crippen LogP contribution in [0.2, 0.25) is 0 Å². The third kappa shape index (κ3) is 4.76. The van der Waals surface area contributed by atoms with Crippen LogP contribution in [0.5, 0.6) is 0 Å². The van der Waals surface area contributed by atoms with E-state index in [-0.39, 0.29) is 0 Å². The predicted octanol–water partition coefficient (Wildman–Crippen LogP) is 3.40. The van der Waals surface area contributed by atoms with E-state index < -0.39 is 11.8 Å². The number of hydrazone groups is 1. The summed E-state index contributed by atoms with van der Waals surface area (Å²) in [5.41, 5.74) is 8.98. The Kier molecular flexibility index (Phi) is 5.70. The van der Waals surface area contributed by atoms with E-state index in [9.17, 15) is 9.59 Å². The van der Waals surface area contributed by atoms with Gasteiger partial charge in [0.1, 0.15) is 0 Å². The number of benzene rings is 2. The molecule has 2 aromatic carbocycles. The van der Waals surface area contributed by atoms with Crippen LogP contribution in [0.3, 0.4) is 0 Å². The highest BCUT2D eigenvalue weighted by Crippen LogP contribution is 2.16. The van der Waals surface area contributed by atoms with Crippen molar-refractivity contribution in [1.82, 2.24) is 5.43 Å². The van der Waals surface area contributed by atoms with Crippen molar-refractivity contribution in [3.05, 3.63) is 64.2 Å². The number of anilines is 1. The minimum Gasteiger partial charge on any atom is -0.318 e. The van der Waals surface area contributed by atoms with Crippen molar-refractivity contribution in [3.8, 4) is 0 Å². The lowest BCUT2D eigenvalue weighted by Gasteiger charge is -2.10. The number of carbonyl (C=O) groups excluding carboxylic acids is 2. The average molecular weight is 337 g/mol. The maximum absolute atomic E-state index is 11.9. The second kappa shape index (κ2) is 7.75.